The summed E-state index contributed by atoms with van der Waals surface area (Å²) in [5.41, 5.74) is 0.167. The normalized spacial score (nSPS) is 17.7. The van der Waals surface area contributed by atoms with Crippen LogP contribution in [0.2, 0.25) is 0 Å². The summed E-state index contributed by atoms with van der Waals surface area (Å²) in [6, 6.07) is 4.73. The molecular weight excluding hydrogens is 409 g/mol. The van der Waals surface area contributed by atoms with Crippen LogP contribution in [0.4, 0.5) is 29.9 Å². The fraction of sp³-hybridized carbons (Fsp3) is 0.250. The number of nitrogens with one attached hydrogen (secondary N) is 2. The third kappa shape index (κ3) is 5.94. The zero-order chi connectivity index (χ0) is 19.7. The first-order valence-electron chi connectivity index (χ1n) is 6.89. The Morgan fingerprint density at radius 2 is 1.88 bits per heavy atom. The highest BCUT2D eigenvalue weighted by molar-refractivity contribution is 8.48. The predicted molar refractivity (Wildman–Crippen MR) is 87.0 cm³/mol. The molecule has 2 rings (SSSR count). The van der Waals surface area contributed by atoms with E-state index in [0.29, 0.717) is 0 Å². The van der Waals surface area contributed by atoms with Crippen molar-refractivity contribution in [3.05, 3.63) is 35.7 Å². The summed E-state index contributed by atoms with van der Waals surface area (Å²) in [4.78, 5) is 11.5. The summed E-state index contributed by atoms with van der Waals surface area (Å²) >= 11 is 0. The molecule has 0 saturated heterocycles. The Labute approximate surface area is 145 Å². The third-order valence-electron chi connectivity index (χ3n) is 2.93. The molecule has 7 nitrogen and oxygen atoms in total. The van der Waals surface area contributed by atoms with Crippen molar-refractivity contribution < 1.29 is 37.4 Å². The van der Waals surface area contributed by atoms with Crippen LogP contribution >= 0.6 is 10.2 Å². The molecule has 2 amide bonds. The summed E-state index contributed by atoms with van der Waals surface area (Å²) in [6.07, 6.45) is -0.0161. The molecule has 0 fully saturated rings. The van der Waals surface area contributed by atoms with Gasteiger partial charge in [0.2, 0.25) is 0 Å². The molecule has 0 radical (unpaired) electrons. The minimum Gasteiger partial charge on any atom is -0.489 e. The van der Waals surface area contributed by atoms with Crippen molar-refractivity contribution in [2.75, 3.05) is 24.0 Å². The van der Waals surface area contributed by atoms with Gasteiger partial charge < -0.3 is 10.1 Å². The number of rotatable bonds is 5. The average Bonchev–Trinajstić information content (AvgIpc) is 2.48. The fourth-order valence-corrected chi connectivity index (χ4v) is 3.59. The van der Waals surface area contributed by atoms with Crippen LogP contribution in [0.5, 0.6) is 5.75 Å². The number of nitrogens with zero attached hydrogens (tertiary/aromatic N) is 1. The second-order valence-corrected chi connectivity index (χ2v) is 9.03. The summed E-state index contributed by atoms with van der Waals surface area (Å²) in [5.74, 6) is 0.267. The summed E-state index contributed by atoms with van der Waals surface area (Å²) in [6.45, 7) is -1.04. The van der Waals surface area contributed by atoms with E-state index in [1.54, 1.807) is 22.2 Å². The number of para-hydroxylation sites is 2. The molecule has 148 valence electrons. The van der Waals surface area contributed by atoms with Gasteiger partial charge in [-0.25, -0.2) is 13.8 Å². The van der Waals surface area contributed by atoms with E-state index in [4.69, 9.17) is 4.74 Å². The zero-order valence-electron chi connectivity index (χ0n) is 12.9. The molecule has 0 aliphatic carbocycles. The maximum Gasteiger partial charge on any atom is 0.330 e. The molecular formula is C12H14F5N3O4S2. The minimum atomic E-state index is -9.73. The number of halogens is 5. The van der Waals surface area contributed by atoms with E-state index >= 15 is 0 Å². The average molecular weight is 423 g/mol. The predicted octanol–water partition coefficient (Wildman–Crippen LogP) is 3.24. The van der Waals surface area contributed by atoms with Gasteiger partial charge in [-0.3, -0.25) is 0 Å². The third-order valence-corrected chi connectivity index (χ3v) is 5.04. The molecule has 0 unspecified atom stereocenters. The van der Waals surface area contributed by atoms with Crippen molar-refractivity contribution in [1.82, 2.24) is 10.0 Å². The first-order chi connectivity index (χ1) is 11.7. The van der Waals surface area contributed by atoms with Crippen LogP contribution in [0, 0.1) is 0 Å². The Bertz CT molecular complexity index is 843. The molecule has 0 bridgehead atoms. The number of carbonyl (C=O) groups excluding carboxylic acids is 1. The molecule has 1 aromatic carbocycles. The van der Waals surface area contributed by atoms with E-state index in [0.717, 1.165) is 4.31 Å². The molecule has 0 spiro atoms. The number of urea groups is 1. The van der Waals surface area contributed by atoms with Gasteiger partial charge in [0.25, 0.3) is 0 Å². The summed E-state index contributed by atoms with van der Waals surface area (Å²) < 4.78 is 92.5. The number of anilines is 1. The van der Waals surface area contributed by atoms with Crippen LogP contribution in [-0.4, -0.2) is 34.1 Å². The zero-order valence-corrected chi connectivity index (χ0v) is 14.5. The lowest BCUT2D eigenvalue weighted by atomic mass is 10.2. The van der Waals surface area contributed by atoms with E-state index < -0.39 is 38.4 Å². The lowest BCUT2D eigenvalue weighted by Crippen LogP contribution is -2.49. The van der Waals surface area contributed by atoms with Crippen molar-refractivity contribution in [1.29, 1.82) is 0 Å². The van der Waals surface area contributed by atoms with Gasteiger partial charge in [0.1, 0.15) is 12.4 Å². The van der Waals surface area contributed by atoms with Gasteiger partial charge in [-0.1, -0.05) is 37.6 Å². The Morgan fingerprint density at radius 1 is 1.23 bits per heavy atom. The highest BCUT2D eigenvalue weighted by Gasteiger charge is 2.60. The Kier molecular flexibility index (Phi) is 4.56. The molecule has 1 aliphatic heterocycles. The van der Waals surface area contributed by atoms with Crippen LogP contribution in [0.25, 0.3) is 0 Å². The second kappa shape index (κ2) is 5.90. The molecule has 1 aliphatic rings. The monoisotopic (exact) mass is 423 g/mol. The highest BCUT2D eigenvalue weighted by Crippen LogP contribution is 2.98. The summed E-state index contributed by atoms with van der Waals surface area (Å²) in [7, 11) is -14.1. The molecule has 26 heavy (non-hydrogen) atoms. The van der Waals surface area contributed by atoms with E-state index in [2.05, 4.69) is 0 Å². The van der Waals surface area contributed by atoms with Crippen molar-refractivity contribution >= 4 is 32.2 Å². The lowest BCUT2D eigenvalue weighted by molar-refractivity contribution is 0.246. The first-order valence-corrected chi connectivity index (χ1v) is 10.3. The Morgan fingerprint density at radius 3 is 2.54 bits per heavy atom. The smallest absolute Gasteiger partial charge is 0.330 e. The number of hydrogen-bond acceptors (Lipinski definition) is 4. The molecule has 1 aromatic rings. The second-order valence-electron chi connectivity index (χ2n) is 5.11. The van der Waals surface area contributed by atoms with Gasteiger partial charge in [0, 0.05) is 6.54 Å². The molecule has 0 atom stereocenters. The standard InChI is InChI=1S/C12H14F5N3O4S2/c13-26(14,15,16,17)9-3-6-18-12(21)19-25(22,23)20-7-8-24-11-5-2-1-4-10(11)20/h1-5,9H,6-8H2,(H2,18,19,21)/b9-3+. The number of hydrogen-bond donors (Lipinski definition) is 2. The SMILES string of the molecule is O=C(NC/C=C/S(F)(F)(F)(F)F)NS(=O)(=O)N1CCOc2ccccc21. The van der Waals surface area contributed by atoms with Crippen molar-refractivity contribution in [2.45, 2.75) is 0 Å². The molecule has 14 heteroatoms. The number of ether oxygens (including phenoxy) is 1. The minimum absolute atomic E-state index is 0.0161. The van der Waals surface area contributed by atoms with Gasteiger partial charge in [0.15, 0.2) is 0 Å². The van der Waals surface area contributed by atoms with Gasteiger partial charge in [-0.2, -0.15) is 8.42 Å². The van der Waals surface area contributed by atoms with Crippen LogP contribution in [-0.2, 0) is 10.2 Å². The van der Waals surface area contributed by atoms with Gasteiger partial charge >= 0.3 is 26.5 Å². The van der Waals surface area contributed by atoms with Crippen molar-refractivity contribution in [3.8, 4) is 5.75 Å². The van der Waals surface area contributed by atoms with Crippen LogP contribution < -0.4 is 19.1 Å². The number of carbonyl (C=O) groups is 1. The first kappa shape index (κ1) is 20.1. The summed E-state index contributed by atoms with van der Waals surface area (Å²) in [5, 5.41) is 0.491. The maximum absolute atomic E-state index is 12.2. The topological polar surface area (TPSA) is 87.7 Å². The van der Waals surface area contributed by atoms with Gasteiger partial charge in [-0.05, 0) is 12.1 Å². The van der Waals surface area contributed by atoms with Gasteiger partial charge in [0.05, 0.1) is 17.6 Å². The van der Waals surface area contributed by atoms with Gasteiger partial charge in [-0.15, -0.1) is 0 Å². The Balaban J connectivity index is 2.00. The van der Waals surface area contributed by atoms with Crippen LogP contribution in [0.3, 0.4) is 0 Å². The highest BCUT2D eigenvalue weighted by atomic mass is 32.5. The van der Waals surface area contributed by atoms with E-state index in [1.165, 1.54) is 12.1 Å². The number of benzene rings is 1. The number of amides is 2. The fourth-order valence-electron chi connectivity index (χ4n) is 1.98. The number of fused-ring (bicyclic) bond motifs is 1. The van der Waals surface area contributed by atoms with Crippen molar-refractivity contribution in [2.24, 2.45) is 0 Å². The molecule has 2 N–H and O–H groups in total. The quantitative estimate of drug-likeness (QED) is 0.712. The van der Waals surface area contributed by atoms with E-state index in [-0.39, 0.29) is 30.7 Å². The van der Waals surface area contributed by atoms with Crippen LogP contribution in [0.15, 0.2) is 35.7 Å². The largest absolute Gasteiger partial charge is 0.489 e. The molecule has 0 saturated carbocycles. The van der Waals surface area contributed by atoms with Crippen LogP contribution in [0.1, 0.15) is 0 Å². The van der Waals surface area contributed by atoms with Crippen molar-refractivity contribution in [3.63, 3.8) is 0 Å². The van der Waals surface area contributed by atoms with E-state index in [1.807, 2.05) is 0 Å². The van der Waals surface area contributed by atoms with E-state index in [9.17, 15) is 32.6 Å². The lowest BCUT2D eigenvalue weighted by Gasteiger charge is -2.36. The Hall–Kier alpha value is -2.22. The molecule has 1 heterocycles. The maximum atomic E-state index is 12.2. The molecule has 0 aromatic heterocycles.